The minimum atomic E-state index is -0.747. The summed E-state index contributed by atoms with van der Waals surface area (Å²) in [5.41, 5.74) is 0. The van der Waals surface area contributed by atoms with E-state index in [1.165, 1.54) is 0 Å². The molecule has 0 aromatic rings. The molecule has 0 aliphatic carbocycles. The van der Waals surface area contributed by atoms with Crippen LogP contribution in [0.15, 0.2) is 0 Å². The lowest BCUT2D eigenvalue weighted by molar-refractivity contribution is -0.137. The second-order valence-electron chi connectivity index (χ2n) is 4.89. The molecule has 0 spiro atoms. The summed E-state index contributed by atoms with van der Waals surface area (Å²) in [6.07, 6.45) is 2.75. The fraction of sp³-hybridized carbons (Fsp3) is 0.833. The van der Waals surface area contributed by atoms with Crippen LogP contribution in [0.2, 0.25) is 0 Å². The van der Waals surface area contributed by atoms with Crippen LogP contribution in [0.1, 0.15) is 25.7 Å². The van der Waals surface area contributed by atoms with Crippen molar-refractivity contribution in [3.63, 3.8) is 0 Å². The van der Waals surface area contributed by atoms with Crippen molar-refractivity contribution in [2.75, 3.05) is 33.7 Å². The molecule has 6 nitrogen and oxygen atoms in total. The van der Waals surface area contributed by atoms with Crippen LogP contribution in [0, 0.1) is 0 Å². The van der Waals surface area contributed by atoms with Crippen LogP contribution in [0.25, 0.3) is 0 Å². The Labute approximate surface area is 108 Å². The Bertz CT molecular complexity index is 286. The third kappa shape index (κ3) is 4.91. The summed E-state index contributed by atoms with van der Waals surface area (Å²) in [4.78, 5) is 25.5. The second kappa shape index (κ2) is 7.20. The van der Waals surface area contributed by atoms with Gasteiger partial charge in [0.25, 0.3) is 0 Å². The zero-order valence-corrected chi connectivity index (χ0v) is 11.2. The summed E-state index contributed by atoms with van der Waals surface area (Å²) >= 11 is 0. The zero-order valence-electron chi connectivity index (χ0n) is 11.2. The van der Waals surface area contributed by atoms with E-state index >= 15 is 0 Å². The molecule has 1 fully saturated rings. The number of hydrogen-bond donors (Lipinski definition) is 2. The zero-order chi connectivity index (χ0) is 13.5. The highest BCUT2D eigenvalue weighted by Gasteiger charge is 2.23. The Kier molecular flexibility index (Phi) is 5.91. The SMILES string of the molecule is CN(C)C(=O)N1CCC(NCCCC(=O)O)CC1. The first-order valence-corrected chi connectivity index (χ1v) is 6.42. The van der Waals surface area contributed by atoms with E-state index in [4.69, 9.17) is 5.11 Å². The maximum absolute atomic E-state index is 11.7. The predicted molar refractivity (Wildman–Crippen MR) is 68.6 cm³/mol. The van der Waals surface area contributed by atoms with Crippen molar-refractivity contribution in [2.45, 2.75) is 31.7 Å². The molecule has 1 aliphatic rings. The predicted octanol–water partition coefficient (Wildman–Crippen LogP) is 0.587. The third-order valence-corrected chi connectivity index (χ3v) is 3.15. The molecule has 1 rings (SSSR count). The number of carboxylic acids is 1. The van der Waals surface area contributed by atoms with E-state index < -0.39 is 5.97 Å². The molecule has 0 unspecified atom stereocenters. The summed E-state index contributed by atoms with van der Waals surface area (Å²) in [7, 11) is 3.52. The highest BCUT2D eigenvalue weighted by atomic mass is 16.4. The Morgan fingerprint density at radius 3 is 2.44 bits per heavy atom. The van der Waals surface area contributed by atoms with Crippen LogP contribution < -0.4 is 5.32 Å². The number of likely N-dealkylation sites (tertiary alicyclic amines) is 1. The summed E-state index contributed by atoms with van der Waals surface area (Å²) < 4.78 is 0. The molecule has 0 bridgehead atoms. The van der Waals surface area contributed by atoms with Crippen LogP contribution in [0.4, 0.5) is 4.79 Å². The smallest absolute Gasteiger partial charge is 0.319 e. The topological polar surface area (TPSA) is 72.9 Å². The molecule has 0 aromatic carbocycles. The summed E-state index contributed by atoms with van der Waals surface area (Å²) in [5.74, 6) is -0.747. The van der Waals surface area contributed by atoms with Crippen molar-refractivity contribution in [1.29, 1.82) is 0 Å². The number of carboxylic acid groups (broad SMARTS) is 1. The lowest BCUT2D eigenvalue weighted by atomic mass is 10.1. The number of hydrogen-bond acceptors (Lipinski definition) is 3. The number of nitrogens with one attached hydrogen (secondary N) is 1. The van der Waals surface area contributed by atoms with E-state index in [-0.39, 0.29) is 12.5 Å². The Balaban J connectivity index is 2.15. The van der Waals surface area contributed by atoms with Gasteiger partial charge in [0.05, 0.1) is 0 Å². The first-order valence-electron chi connectivity index (χ1n) is 6.42. The quantitative estimate of drug-likeness (QED) is 0.707. The van der Waals surface area contributed by atoms with E-state index in [1.54, 1.807) is 19.0 Å². The van der Waals surface area contributed by atoms with Gasteiger partial charge in [-0.25, -0.2) is 4.79 Å². The number of rotatable bonds is 5. The number of nitrogens with zero attached hydrogens (tertiary/aromatic N) is 2. The molecule has 1 saturated heterocycles. The van der Waals surface area contributed by atoms with Crippen molar-refractivity contribution in [3.8, 4) is 0 Å². The average Bonchev–Trinajstić information content (AvgIpc) is 2.34. The Morgan fingerprint density at radius 1 is 1.33 bits per heavy atom. The van der Waals surface area contributed by atoms with Crippen molar-refractivity contribution < 1.29 is 14.7 Å². The van der Waals surface area contributed by atoms with Gasteiger partial charge in [-0.15, -0.1) is 0 Å². The lowest BCUT2D eigenvalue weighted by Gasteiger charge is -2.34. The molecule has 18 heavy (non-hydrogen) atoms. The molecular weight excluding hydrogens is 234 g/mol. The summed E-state index contributed by atoms with van der Waals surface area (Å²) in [6.45, 7) is 2.28. The lowest BCUT2D eigenvalue weighted by Crippen LogP contribution is -2.48. The third-order valence-electron chi connectivity index (χ3n) is 3.15. The largest absolute Gasteiger partial charge is 0.481 e. The van der Waals surface area contributed by atoms with E-state index in [0.29, 0.717) is 12.5 Å². The van der Waals surface area contributed by atoms with Gasteiger partial charge in [-0.3, -0.25) is 4.79 Å². The number of piperidine rings is 1. The van der Waals surface area contributed by atoms with E-state index in [2.05, 4.69) is 5.32 Å². The van der Waals surface area contributed by atoms with Crippen LogP contribution in [0.3, 0.4) is 0 Å². The maximum atomic E-state index is 11.7. The fourth-order valence-electron chi connectivity index (χ4n) is 2.10. The van der Waals surface area contributed by atoms with Crippen LogP contribution in [-0.4, -0.2) is 66.7 Å². The van der Waals surface area contributed by atoms with E-state index in [9.17, 15) is 9.59 Å². The van der Waals surface area contributed by atoms with Gasteiger partial charge in [0.15, 0.2) is 0 Å². The Morgan fingerprint density at radius 2 is 1.94 bits per heavy atom. The first kappa shape index (κ1) is 14.8. The number of carbonyl (C=O) groups excluding carboxylic acids is 1. The van der Waals surface area contributed by atoms with Gasteiger partial charge in [0.1, 0.15) is 0 Å². The van der Waals surface area contributed by atoms with Crippen molar-refractivity contribution >= 4 is 12.0 Å². The van der Waals surface area contributed by atoms with Gasteiger partial charge in [-0.2, -0.15) is 0 Å². The molecule has 1 heterocycles. The van der Waals surface area contributed by atoms with Crippen molar-refractivity contribution in [3.05, 3.63) is 0 Å². The van der Waals surface area contributed by atoms with Gasteiger partial charge >= 0.3 is 12.0 Å². The molecule has 2 N–H and O–H groups in total. The first-order chi connectivity index (χ1) is 8.50. The summed E-state index contributed by atoms with van der Waals surface area (Å²) in [6, 6.07) is 0.476. The highest BCUT2D eigenvalue weighted by Crippen LogP contribution is 2.11. The molecule has 0 atom stereocenters. The molecule has 0 aromatic heterocycles. The summed E-state index contributed by atoms with van der Waals surface area (Å²) in [5, 5.41) is 11.9. The monoisotopic (exact) mass is 257 g/mol. The van der Waals surface area contributed by atoms with Crippen molar-refractivity contribution in [1.82, 2.24) is 15.1 Å². The van der Waals surface area contributed by atoms with Crippen LogP contribution in [-0.2, 0) is 4.79 Å². The van der Waals surface area contributed by atoms with Crippen LogP contribution >= 0.6 is 0 Å². The molecule has 104 valence electrons. The van der Waals surface area contributed by atoms with Gasteiger partial charge in [-0.1, -0.05) is 0 Å². The minimum Gasteiger partial charge on any atom is -0.481 e. The van der Waals surface area contributed by atoms with Crippen LogP contribution in [0.5, 0.6) is 0 Å². The highest BCUT2D eigenvalue weighted by molar-refractivity contribution is 5.73. The van der Waals surface area contributed by atoms with Gasteiger partial charge in [0.2, 0.25) is 0 Å². The standard InChI is InChI=1S/C12H23N3O3/c1-14(2)12(18)15-8-5-10(6-9-15)13-7-3-4-11(16)17/h10,13H,3-9H2,1-2H3,(H,16,17). The molecular formula is C12H23N3O3. The molecule has 1 aliphatic heterocycles. The minimum absolute atomic E-state index is 0.0688. The number of urea groups is 1. The fourth-order valence-corrected chi connectivity index (χ4v) is 2.10. The van der Waals surface area contributed by atoms with Crippen molar-refractivity contribution in [2.24, 2.45) is 0 Å². The molecule has 6 heteroatoms. The number of amides is 2. The second-order valence-corrected chi connectivity index (χ2v) is 4.89. The number of carbonyl (C=O) groups is 2. The Hall–Kier alpha value is -1.30. The van der Waals surface area contributed by atoms with Gasteiger partial charge < -0.3 is 20.2 Å². The van der Waals surface area contributed by atoms with Gasteiger partial charge in [0, 0.05) is 39.6 Å². The van der Waals surface area contributed by atoms with Gasteiger partial charge in [-0.05, 0) is 25.8 Å². The molecule has 0 saturated carbocycles. The van der Waals surface area contributed by atoms with E-state index in [0.717, 1.165) is 32.5 Å². The number of aliphatic carboxylic acids is 1. The molecule has 2 amide bonds. The maximum Gasteiger partial charge on any atom is 0.319 e. The molecule has 0 radical (unpaired) electrons. The van der Waals surface area contributed by atoms with E-state index in [1.807, 2.05) is 4.90 Å². The normalized spacial score (nSPS) is 16.7. The average molecular weight is 257 g/mol.